The number of anilines is 2. The van der Waals surface area contributed by atoms with E-state index in [0.29, 0.717) is 46.9 Å². The van der Waals surface area contributed by atoms with Crippen molar-refractivity contribution in [3.63, 3.8) is 0 Å². The van der Waals surface area contributed by atoms with Gasteiger partial charge in [0.05, 0.1) is 40.6 Å². The zero-order valence-electron chi connectivity index (χ0n) is 17.2. The minimum Gasteiger partial charge on any atom is -0.394 e. The molecule has 0 radical (unpaired) electrons. The van der Waals surface area contributed by atoms with Crippen molar-refractivity contribution in [2.45, 2.75) is 48.2 Å². The quantitative estimate of drug-likeness (QED) is 0.748. The van der Waals surface area contributed by atoms with Crippen LogP contribution in [0.4, 0.5) is 16.2 Å². The van der Waals surface area contributed by atoms with Crippen LogP contribution in [0.2, 0.25) is 5.02 Å². The predicted molar refractivity (Wildman–Crippen MR) is 120 cm³/mol. The molecule has 3 aliphatic rings. The van der Waals surface area contributed by atoms with Crippen molar-refractivity contribution in [2.24, 2.45) is 0 Å². The molecule has 2 aliphatic heterocycles. The lowest BCUT2D eigenvalue weighted by Gasteiger charge is -2.51. The zero-order chi connectivity index (χ0) is 21.6. The van der Waals surface area contributed by atoms with E-state index in [2.05, 4.69) is 9.88 Å². The summed E-state index contributed by atoms with van der Waals surface area (Å²) in [5, 5.41) is 10.7. The summed E-state index contributed by atoms with van der Waals surface area (Å²) >= 11 is 5.97. The van der Waals surface area contributed by atoms with Crippen molar-refractivity contribution in [3.05, 3.63) is 41.0 Å². The molecule has 1 aromatic heterocycles. The van der Waals surface area contributed by atoms with Gasteiger partial charge in [-0.15, -0.1) is 0 Å². The van der Waals surface area contributed by atoms with Crippen LogP contribution in [0, 0.1) is 0 Å². The van der Waals surface area contributed by atoms with Crippen LogP contribution in [0.25, 0.3) is 0 Å². The lowest BCUT2D eigenvalue weighted by atomic mass is 9.76. The van der Waals surface area contributed by atoms with Crippen molar-refractivity contribution in [1.82, 2.24) is 9.97 Å². The standard InChI is InChI=1S/C22H26ClFN4O2S/c23-16-4-2-15(3-5-16)17-6-9-27(13-18(17)24)21-25-12-19-20(26-21)28(10-11-31(19)30)22(14-29)7-1-8-22/h2-5,12,17-18,29H,1,6-11,13-14H2/t17?,18?,31-/m1/s1. The first-order valence-electron chi connectivity index (χ1n) is 10.8. The highest BCUT2D eigenvalue weighted by molar-refractivity contribution is 7.85. The molecule has 1 saturated heterocycles. The van der Waals surface area contributed by atoms with E-state index in [-0.39, 0.29) is 24.6 Å². The van der Waals surface area contributed by atoms with Crippen molar-refractivity contribution in [1.29, 1.82) is 0 Å². The van der Waals surface area contributed by atoms with Crippen LogP contribution < -0.4 is 9.80 Å². The van der Waals surface area contributed by atoms with Crippen molar-refractivity contribution in [3.8, 4) is 0 Å². The maximum atomic E-state index is 15.1. The molecule has 5 rings (SSSR count). The van der Waals surface area contributed by atoms with Gasteiger partial charge in [-0.2, -0.15) is 4.98 Å². The normalized spacial score (nSPS) is 27.5. The number of halogens is 2. The van der Waals surface area contributed by atoms with Crippen LogP contribution >= 0.6 is 11.6 Å². The number of fused-ring (bicyclic) bond motifs is 1. The number of alkyl halides is 1. The van der Waals surface area contributed by atoms with Gasteiger partial charge in [0.15, 0.2) is 5.82 Å². The SMILES string of the molecule is O=[S@@]1CCN(C2(CO)CCC2)c2nc(N3CCC(c4ccc(Cl)cc4)C(F)C3)ncc21. The van der Waals surface area contributed by atoms with E-state index < -0.39 is 17.0 Å². The Morgan fingerprint density at radius 3 is 2.68 bits per heavy atom. The zero-order valence-corrected chi connectivity index (χ0v) is 18.8. The van der Waals surface area contributed by atoms with Crippen LogP contribution in [0.15, 0.2) is 35.4 Å². The molecule has 1 aliphatic carbocycles. The predicted octanol–water partition coefficient (Wildman–Crippen LogP) is 3.30. The van der Waals surface area contributed by atoms with Gasteiger partial charge in [0.1, 0.15) is 6.17 Å². The number of aliphatic hydroxyl groups excluding tert-OH is 1. The van der Waals surface area contributed by atoms with Gasteiger partial charge in [-0.25, -0.2) is 9.37 Å². The first-order chi connectivity index (χ1) is 15.0. The Labute approximate surface area is 188 Å². The molecule has 31 heavy (non-hydrogen) atoms. The number of aliphatic hydroxyl groups is 1. The molecule has 0 amide bonds. The Hall–Kier alpha value is -1.77. The van der Waals surface area contributed by atoms with Gasteiger partial charge in [-0.3, -0.25) is 4.21 Å². The molecular formula is C22H26ClFN4O2S. The van der Waals surface area contributed by atoms with Crippen LogP contribution in [0.5, 0.6) is 0 Å². The lowest BCUT2D eigenvalue weighted by Crippen LogP contribution is -2.59. The third kappa shape index (κ3) is 3.72. The molecule has 166 valence electrons. The number of rotatable bonds is 4. The highest BCUT2D eigenvalue weighted by Gasteiger charge is 2.45. The number of piperidine rings is 1. The Bertz CT molecular complexity index is 982. The van der Waals surface area contributed by atoms with Gasteiger partial charge in [-0.1, -0.05) is 23.7 Å². The highest BCUT2D eigenvalue weighted by Crippen LogP contribution is 2.43. The van der Waals surface area contributed by atoms with Crippen molar-refractivity contribution >= 4 is 34.2 Å². The highest BCUT2D eigenvalue weighted by atomic mass is 35.5. The second-order valence-electron chi connectivity index (χ2n) is 8.70. The summed E-state index contributed by atoms with van der Waals surface area (Å²) < 4.78 is 27.7. The molecule has 3 atom stereocenters. The molecule has 1 saturated carbocycles. The third-order valence-electron chi connectivity index (χ3n) is 7.00. The summed E-state index contributed by atoms with van der Waals surface area (Å²) in [5.41, 5.74) is 0.634. The molecule has 0 bridgehead atoms. The van der Waals surface area contributed by atoms with Gasteiger partial charge in [0.2, 0.25) is 5.95 Å². The van der Waals surface area contributed by atoms with Crippen LogP contribution in [-0.4, -0.2) is 63.0 Å². The molecule has 0 spiro atoms. The Morgan fingerprint density at radius 2 is 2.03 bits per heavy atom. The molecule has 1 aromatic carbocycles. The Kier molecular flexibility index (Phi) is 5.65. The van der Waals surface area contributed by atoms with E-state index in [1.807, 2.05) is 17.0 Å². The second-order valence-corrected chi connectivity index (χ2v) is 10.7. The van der Waals surface area contributed by atoms with E-state index in [0.717, 1.165) is 24.8 Å². The maximum absolute atomic E-state index is 15.1. The number of hydrogen-bond donors (Lipinski definition) is 1. The summed E-state index contributed by atoms with van der Waals surface area (Å²) in [6, 6.07) is 7.39. The molecule has 1 N–H and O–H groups in total. The topological polar surface area (TPSA) is 69.6 Å². The van der Waals surface area contributed by atoms with Gasteiger partial charge < -0.3 is 14.9 Å². The monoisotopic (exact) mass is 464 g/mol. The average molecular weight is 465 g/mol. The van der Waals surface area contributed by atoms with E-state index in [9.17, 15) is 9.32 Å². The van der Waals surface area contributed by atoms with Crippen molar-refractivity contribution in [2.75, 3.05) is 41.8 Å². The lowest BCUT2D eigenvalue weighted by molar-refractivity contribution is 0.115. The maximum Gasteiger partial charge on any atom is 0.227 e. The number of aromatic nitrogens is 2. The largest absolute Gasteiger partial charge is 0.394 e. The molecule has 6 nitrogen and oxygen atoms in total. The molecule has 9 heteroatoms. The first-order valence-corrected chi connectivity index (χ1v) is 12.5. The molecule has 3 heterocycles. The summed E-state index contributed by atoms with van der Waals surface area (Å²) in [7, 11) is -1.16. The summed E-state index contributed by atoms with van der Waals surface area (Å²) in [6.45, 7) is 1.50. The van der Waals surface area contributed by atoms with E-state index in [1.165, 1.54) is 0 Å². The number of hydrogen-bond acceptors (Lipinski definition) is 6. The first kappa shape index (κ1) is 21.1. The molecule has 2 fully saturated rings. The van der Waals surface area contributed by atoms with Crippen LogP contribution in [-0.2, 0) is 10.8 Å². The summed E-state index contributed by atoms with van der Waals surface area (Å²) in [5.74, 6) is 1.44. The molecule has 2 unspecified atom stereocenters. The van der Waals surface area contributed by atoms with Crippen LogP contribution in [0.3, 0.4) is 0 Å². The molecular weight excluding hydrogens is 439 g/mol. The van der Waals surface area contributed by atoms with E-state index in [1.54, 1.807) is 18.3 Å². The average Bonchev–Trinajstić information content (AvgIpc) is 2.75. The second kappa shape index (κ2) is 8.30. The minimum atomic E-state index is -1.16. The minimum absolute atomic E-state index is 0.0530. The Balaban J connectivity index is 1.39. The van der Waals surface area contributed by atoms with E-state index in [4.69, 9.17) is 16.6 Å². The van der Waals surface area contributed by atoms with Gasteiger partial charge >= 0.3 is 0 Å². The number of benzene rings is 1. The summed E-state index contributed by atoms with van der Waals surface area (Å²) in [6.07, 6.45) is 4.09. The fourth-order valence-corrected chi connectivity index (χ4v) is 6.21. The van der Waals surface area contributed by atoms with Crippen molar-refractivity contribution < 1.29 is 13.7 Å². The molecule has 2 aromatic rings. The van der Waals surface area contributed by atoms with Gasteiger partial charge in [-0.05, 0) is 43.4 Å². The Morgan fingerprint density at radius 1 is 1.26 bits per heavy atom. The number of nitrogens with zero attached hydrogens (tertiary/aromatic N) is 4. The third-order valence-corrected chi connectivity index (χ3v) is 8.58. The van der Waals surface area contributed by atoms with Gasteiger partial charge in [0, 0.05) is 29.8 Å². The smallest absolute Gasteiger partial charge is 0.227 e. The van der Waals surface area contributed by atoms with Gasteiger partial charge in [0.25, 0.3) is 0 Å². The van der Waals surface area contributed by atoms with E-state index >= 15 is 4.39 Å². The van der Waals surface area contributed by atoms with Crippen LogP contribution in [0.1, 0.15) is 37.2 Å². The fraction of sp³-hybridized carbons (Fsp3) is 0.545. The summed E-state index contributed by atoms with van der Waals surface area (Å²) in [4.78, 5) is 13.8. The fourth-order valence-electron chi connectivity index (χ4n) is 4.98.